The van der Waals surface area contributed by atoms with Gasteiger partial charge in [0.1, 0.15) is 11.6 Å². The Balaban J connectivity index is 1.41. The van der Waals surface area contributed by atoms with Crippen LogP contribution in [0.15, 0.2) is 48.5 Å². The van der Waals surface area contributed by atoms with Crippen LogP contribution in [-0.4, -0.2) is 27.5 Å². The van der Waals surface area contributed by atoms with E-state index in [0.29, 0.717) is 18.0 Å². The molecule has 2 aromatic carbocycles. The predicted octanol–water partition coefficient (Wildman–Crippen LogP) is 2.46. The van der Waals surface area contributed by atoms with Crippen molar-refractivity contribution >= 4 is 28.5 Å². The van der Waals surface area contributed by atoms with E-state index in [0.717, 1.165) is 23.4 Å². The molecule has 0 saturated carbocycles. The first-order valence-corrected chi connectivity index (χ1v) is 8.93. The first-order valence-electron chi connectivity index (χ1n) is 8.93. The van der Waals surface area contributed by atoms with Crippen LogP contribution in [0, 0.1) is 0 Å². The topological polar surface area (TPSA) is 85.3 Å². The highest BCUT2D eigenvalue weighted by Gasteiger charge is 2.29. The second kappa shape index (κ2) is 7.11. The van der Waals surface area contributed by atoms with E-state index in [2.05, 4.69) is 20.2 Å². The average molecular weight is 364 g/mol. The van der Waals surface area contributed by atoms with E-state index in [9.17, 15) is 9.59 Å². The van der Waals surface area contributed by atoms with Gasteiger partial charge in [-0.2, -0.15) is 0 Å². The Morgan fingerprint density at radius 1 is 1.22 bits per heavy atom. The number of carbonyl (C=O) groups excluding carboxylic acids is 2. The fourth-order valence-electron chi connectivity index (χ4n) is 3.26. The monoisotopic (exact) mass is 364 g/mol. The summed E-state index contributed by atoms with van der Waals surface area (Å²) in [4.78, 5) is 29.1. The van der Waals surface area contributed by atoms with Crippen LogP contribution in [0.3, 0.4) is 0 Å². The van der Waals surface area contributed by atoms with Crippen LogP contribution < -0.4 is 15.4 Å². The molecule has 0 radical (unpaired) electrons. The number of imidazole rings is 1. The Morgan fingerprint density at radius 3 is 2.85 bits per heavy atom. The molecule has 7 nitrogen and oxygen atoms in total. The number of benzene rings is 2. The minimum atomic E-state index is -0.843. The summed E-state index contributed by atoms with van der Waals surface area (Å²) in [6, 6.07) is 15.0. The summed E-state index contributed by atoms with van der Waals surface area (Å²) < 4.78 is 7.73. The third kappa shape index (κ3) is 3.36. The number of hydrogen-bond donors (Lipinski definition) is 2. The van der Waals surface area contributed by atoms with E-state index in [1.165, 1.54) is 0 Å². The Bertz CT molecular complexity index is 1010. The van der Waals surface area contributed by atoms with E-state index in [1.54, 1.807) is 12.1 Å². The third-order valence-electron chi connectivity index (χ3n) is 4.57. The average Bonchev–Trinajstić information content (AvgIpc) is 3.04. The number of nitrogens with zero attached hydrogens (tertiary/aromatic N) is 2. The summed E-state index contributed by atoms with van der Waals surface area (Å²) >= 11 is 0. The minimum absolute atomic E-state index is 0.0491. The first-order chi connectivity index (χ1) is 13.2. The van der Waals surface area contributed by atoms with Gasteiger partial charge in [0.2, 0.25) is 5.91 Å². The number of nitrogens with one attached hydrogen (secondary N) is 2. The number of fused-ring (bicyclic) bond motifs is 2. The standard InChI is InChI=1S/C20H20N4O3/c1-2-24-15-9-5-3-7-13(15)22-18(24)12-21-19(25)11-17-20(26)23-14-8-4-6-10-16(14)27-17/h3-10,17H,2,11-12H2,1H3,(H,21,25)(H,23,26). The quantitative estimate of drug-likeness (QED) is 0.728. The Kier molecular flexibility index (Phi) is 4.50. The molecule has 138 valence electrons. The van der Waals surface area contributed by atoms with Crippen LogP contribution in [0.5, 0.6) is 5.75 Å². The van der Waals surface area contributed by atoms with E-state index >= 15 is 0 Å². The number of amides is 2. The van der Waals surface area contributed by atoms with E-state index in [4.69, 9.17) is 4.74 Å². The van der Waals surface area contributed by atoms with Gasteiger partial charge in [-0.25, -0.2) is 4.98 Å². The summed E-state index contributed by atoms with van der Waals surface area (Å²) in [5.41, 5.74) is 2.56. The molecule has 1 aliphatic rings. The highest BCUT2D eigenvalue weighted by molar-refractivity contribution is 5.99. The lowest BCUT2D eigenvalue weighted by Gasteiger charge is -2.25. The van der Waals surface area contributed by atoms with E-state index in [1.807, 2.05) is 43.3 Å². The first kappa shape index (κ1) is 17.1. The lowest BCUT2D eigenvalue weighted by atomic mass is 10.1. The Morgan fingerprint density at radius 2 is 2.00 bits per heavy atom. The normalized spacial score (nSPS) is 15.7. The second-order valence-electron chi connectivity index (χ2n) is 6.33. The molecule has 0 bridgehead atoms. The van der Waals surface area contributed by atoms with Gasteiger partial charge >= 0.3 is 0 Å². The number of hydrogen-bond acceptors (Lipinski definition) is 4. The number of aryl methyl sites for hydroxylation is 1. The molecule has 3 aromatic rings. The van der Waals surface area contributed by atoms with Crippen LogP contribution in [0.1, 0.15) is 19.2 Å². The fraction of sp³-hybridized carbons (Fsp3) is 0.250. The van der Waals surface area contributed by atoms with Gasteiger partial charge < -0.3 is 19.9 Å². The third-order valence-corrected chi connectivity index (χ3v) is 4.57. The molecular weight excluding hydrogens is 344 g/mol. The minimum Gasteiger partial charge on any atom is -0.478 e. The van der Waals surface area contributed by atoms with Crippen molar-refractivity contribution in [2.75, 3.05) is 5.32 Å². The van der Waals surface area contributed by atoms with Gasteiger partial charge in [0.15, 0.2) is 6.10 Å². The van der Waals surface area contributed by atoms with Crippen molar-refractivity contribution in [2.24, 2.45) is 0 Å². The lowest BCUT2D eigenvalue weighted by Crippen LogP contribution is -2.41. The largest absolute Gasteiger partial charge is 0.478 e. The molecule has 27 heavy (non-hydrogen) atoms. The molecule has 2 N–H and O–H groups in total. The molecule has 0 aliphatic carbocycles. The smallest absolute Gasteiger partial charge is 0.266 e. The van der Waals surface area contributed by atoms with Crippen LogP contribution in [0.2, 0.25) is 0 Å². The van der Waals surface area contributed by atoms with Gasteiger partial charge in [-0.05, 0) is 31.2 Å². The molecule has 1 aliphatic heterocycles. The van der Waals surface area contributed by atoms with Crippen molar-refractivity contribution in [3.05, 3.63) is 54.4 Å². The van der Waals surface area contributed by atoms with Gasteiger partial charge in [0.25, 0.3) is 5.91 Å². The zero-order valence-corrected chi connectivity index (χ0v) is 14.9. The number of anilines is 1. The fourth-order valence-corrected chi connectivity index (χ4v) is 3.26. The zero-order chi connectivity index (χ0) is 18.8. The SMILES string of the molecule is CCn1c(CNC(=O)CC2Oc3ccccc3NC2=O)nc2ccccc21. The predicted molar refractivity (Wildman–Crippen MR) is 101 cm³/mol. The molecule has 0 fully saturated rings. The Hall–Kier alpha value is -3.35. The number of ether oxygens (including phenoxy) is 1. The maximum absolute atomic E-state index is 12.3. The Labute approximate surface area is 156 Å². The molecular formula is C20H20N4O3. The highest BCUT2D eigenvalue weighted by Crippen LogP contribution is 2.29. The van der Waals surface area contributed by atoms with Gasteiger partial charge in [-0.1, -0.05) is 24.3 Å². The maximum atomic E-state index is 12.3. The van der Waals surface area contributed by atoms with Gasteiger partial charge in [0.05, 0.1) is 29.7 Å². The maximum Gasteiger partial charge on any atom is 0.266 e. The number of carbonyl (C=O) groups is 2. The number of para-hydroxylation sites is 4. The highest BCUT2D eigenvalue weighted by atomic mass is 16.5. The van der Waals surface area contributed by atoms with Crippen molar-refractivity contribution in [3.63, 3.8) is 0 Å². The number of aromatic nitrogens is 2. The van der Waals surface area contributed by atoms with E-state index < -0.39 is 6.10 Å². The summed E-state index contributed by atoms with van der Waals surface area (Å²) in [6.07, 6.45) is -0.892. The van der Waals surface area contributed by atoms with Gasteiger partial charge in [-0.3, -0.25) is 9.59 Å². The molecule has 1 aromatic heterocycles. The molecule has 4 rings (SSSR count). The van der Waals surface area contributed by atoms with Crippen LogP contribution >= 0.6 is 0 Å². The second-order valence-corrected chi connectivity index (χ2v) is 6.33. The molecule has 0 saturated heterocycles. The van der Waals surface area contributed by atoms with Gasteiger partial charge in [-0.15, -0.1) is 0 Å². The molecule has 7 heteroatoms. The van der Waals surface area contributed by atoms with Crippen LogP contribution in [0.25, 0.3) is 11.0 Å². The van der Waals surface area contributed by atoms with Crippen molar-refractivity contribution in [3.8, 4) is 5.75 Å². The van der Waals surface area contributed by atoms with E-state index in [-0.39, 0.29) is 18.2 Å². The summed E-state index contributed by atoms with van der Waals surface area (Å²) in [6.45, 7) is 3.10. The van der Waals surface area contributed by atoms with Gasteiger partial charge in [0, 0.05) is 6.54 Å². The zero-order valence-electron chi connectivity index (χ0n) is 14.9. The number of rotatable bonds is 5. The van der Waals surface area contributed by atoms with Crippen LogP contribution in [0.4, 0.5) is 5.69 Å². The summed E-state index contributed by atoms with van der Waals surface area (Å²) in [5.74, 6) is 0.781. The summed E-state index contributed by atoms with van der Waals surface area (Å²) in [7, 11) is 0. The molecule has 1 unspecified atom stereocenters. The van der Waals surface area contributed by atoms with Crippen molar-refractivity contribution in [2.45, 2.75) is 32.5 Å². The molecule has 2 heterocycles. The molecule has 1 atom stereocenters. The molecule has 0 spiro atoms. The lowest BCUT2D eigenvalue weighted by molar-refractivity contribution is -0.130. The van der Waals surface area contributed by atoms with Crippen molar-refractivity contribution < 1.29 is 14.3 Å². The summed E-state index contributed by atoms with van der Waals surface area (Å²) in [5, 5.41) is 5.61. The van der Waals surface area contributed by atoms with Crippen molar-refractivity contribution in [1.29, 1.82) is 0 Å². The van der Waals surface area contributed by atoms with Crippen LogP contribution in [-0.2, 0) is 22.7 Å². The molecule has 2 amide bonds. The van der Waals surface area contributed by atoms with Crippen molar-refractivity contribution in [1.82, 2.24) is 14.9 Å².